The summed E-state index contributed by atoms with van der Waals surface area (Å²) < 4.78 is 13.2. The second kappa shape index (κ2) is 6.54. The highest BCUT2D eigenvalue weighted by Gasteiger charge is 2.37. The number of hydrogen-bond acceptors (Lipinski definition) is 4. The zero-order valence-corrected chi connectivity index (χ0v) is 13.0. The largest absolute Gasteiger partial charge is 0.342 e. The minimum atomic E-state index is -0.737. The maximum atomic E-state index is 13.2. The molecule has 1 unspecified atom stereocenters. The van der Waals surface area contributed by atoms with Crippen molar-refractivity contribution in [1.29, 1.82) is 0 Å². The van der Waals surface area contributed by atoms with Crippen molar-refractivity contribution in [2.24, 2.45) is 11.8 Å². The van der Waals surface area contributed by atoms with Crippen molar-refractivity contribution in [2.45, 2.75) is 25.7 Å². The number of halogens is 1. The minimum Gasteiger partial charge on any atom is -0.342 e. The van der Waals surface area contributed by atoms with Gasteiger partial charge < -0.3 is 10.2 Å². The number of nitro groups is 1. The molecule has 1 aliphatic heterocycles. The molecule has 3 rings (SSSR count). The SMILES string of the molecule is O=C(Nc1ccc(F)cc1[N+](=O)[O-])C1CCCN(C(=O)C2CC2)C1. The fourth-order valence-corrected chi connectivity index (χ4v) is 2.98. The molecule has 2 fully saturated rings. The van der Waals surface area contributed by atoms with Crippen LogP contribution in [-0.4, -0.2) is 34.7 Å². The Balaban J connectivity index is 1.68. The van der Waals surface area contributed by atoms with Gasteiger partial charge in [-0.15, -0.1) is 0 Å². The van der Waals surface area contributed by atoms with E-state index < -0.39 is 22.3 Å². The Bertz CT molecular complexity index is 690. The fourth-order valence-electron chi connectivity index (χ4n) is 2.98. The molecule has 1 atom stereocenters. The van der Waals surface area contributed by atoms with Gasteiger partial charge in [-0.3, -0.25) is 19.7 Å². The Morgan fingerprint density at radius 3 is 2.67 bits per heavy atom. The summed E-state index contributed by atoms with van der Waals surface area (Å²) in [6, 6.07) is 3.02. The van der Waals surface area contributed by atoms with Gasteiger partial charge in [0.2, 0.25) is 11.8 Å². The van der Waals surface area contributed by atoms with Crippen LogP contribution < -0.4 is 5.32 Å². The zero-order chi connectivity index (χ0) is 17.3. The number of nitrogens with zero attached hydrogens (tertiary/aromatic N) is 2. The van der Waals surface area contributed by atoms with E-state index >= 15 is 0 Å². The average Bonchev–Trinajstić information content (AvgIpc) is 3.40. The van der Waals surface area contributed by atoms with Crippen LogP contribution >= 0.6 is 0 Å². The van der Waals surface area contributed by atoms with Crippen molar-refractivity contribution >= 4 is 23.2 Å². The van der Waals surface area contributed by atoms with Gasteiger partial charge in [0.25, 0.3) is 5.69 Å². The summed E-state index contributed by atoms with van der Waals surface area (Å²) in [7, 11) is 0. The zero-order valence-electron chi connectivity index (χ0n) is 13.0. The number of likely N-dealkylation sites (tertiary alicyclic amines) is 1. The van der Waals surface area contributed by atoms with Crippen LogP contribution in [0.1, 0.15) is 25.7 Å². The fraction of sp³-hybridized carbons (Fsp3) is 0.500. The predicted molar refractivity (Wildman–Crippen MR) is 83.7 cm³/mol. The Hall–Kier alpha value is -2.51. The Morgan fingerprint density at radius 1 is 1.25 bits per heavy atom. The summed E-state index contributed by atoms with van der Waals surface area (Å²) >= 11 is 0. The third-order valence-corrected chi connectivity index (χ3v) is 4.44. The molecule has 1 saturated carbocycles. The summed E-state index contributed by atoms with van der Waals surface area (Å²) in [5.41, 5.74) is -0.512. The van der Waals surface area contributed by atoms with Crippen LogP contribution in [0.15, 0.2) is 18.2 Å². The third-order valence-electron chi connectivity index (χ3n) is 4.44. The van der Waals surface area contributed by atoms with Gasteiger partial charge >= 0.3 is 0 Å². The highest BCUT2D eigenvalue weighted by molar-refractivity contribution is 5.95. The van der Waals surface area contributed by atoms with Crippen molar-refractivity contribution in [1.82, 2.24) is 4.90 Å². The number of carbonyl (C=O) groups excluding carboxylic acids is 2. The molecule has 2 amide bonds. The number of anilines is 1. The highest BCUT2D eigenvalue weighted by Crippen LogP contribution is 2.33. The average molecular weight is 335 g/mol. The molecule has 7 nitrogen and oxygen atoms in total. The van der Waals surface area contributed by atoms with Gasteiger partial charge in [0.15, 0.2) is 0 Å². The first-order valence-corrected chi connectivity index (χ1v) is 7.99. The van der Waals surface area contributed by atoms with E-state index in [0.717, 1.165) is 31.4 Å². The number of hydrogen-bond donors (Lipinski definition) is 1. The molecular weight excluding hydrogens is 317 g/mol. The molecule has 1 aromatic rings. The maximum Gasteiger partial charge on any atom is 0.295 e. The molecule has 0 aromatic heterocycles. The second-order valence-electron chi connectivity index (χ2n) is 6.31. The summed E-state index contributed by atoms with van der Waals surface area (Å²) in [6.45, 7) is 0.978. The van der Waals surface area contributed by atoms with Crippen molar-refractivity contribution in [3.63, 3.8) is 0 Å². The smallest absolute Gasteiger partial charge is 0.295 e. The van der Waals surface area contributed by atoms with E-state index in [1.807, 2.05) is 0 Å². The van der Waals surface area contributed by atoms with Crippen LogP contribution in [0.2, 0.25) is 0 Å². The molecule has 8 heteroatoms. The van der Waals surface area contributed by atoms with Crippen molar-refractivity contribution in [2.75, 3.05) is 18.4 Å². The van der Waals surface area contributed by atoms with E-state index in [-0.39, 0.29) is 23.4 Å². The van der Waals surface area contributed by atoms with Crippen molar-refractivity contribution in [3.8, 4) is 0 Å². The lowest BCUT2D eigenvalue weighted by molar-refractivity contribution is -0.384. The van der Waals surface area contributed by atoms with Gasteiger partial charge in [-0.05, 0) is 37.8 Å². The van der Waals surface area contributed by atoms with Crippen LogP contribution in [-0.2, 0) is 9.59 Å². The number of piperidine rings is 1. The van der Waals surface area contributed by atoms with E-state index in [1.54, 1.807) is 4.90 Å². The molecule has 0 bridgehead atoms. The third kappa shape index (κ3) is 3.52. The number of amides is 2. The maximum absolute atomic E-state index is 13.2. The first-order valence-electron chi connectivity index (χ1n) is 7.99. The van der Waals surface area contributed by atoms with E-state index in [1.165, 1.54) is 6.07 Å². The summed E-state index contributed by atoms with van der Waals surface area (Å²) in [6.07, 6.45) is 3.17. The monoisotopic (exact) mass is 335 g/mol. The molecule has 1 N–H and O–H groups in total. The summed E-state index contributed by atoms with van der Waals surface area (Å²) in [5.74, 6) is -1.33. The number of nitrogens with one attached hydrogen (secondary N) is 1. The Kier molecular flexibility index (Phi) is 4.46. The Morgan fingerprint density at radius 2 is 2.00 bits per heavy atom. The molecule has 2 aliphatic rings. The molecule has 1 aliphatic carbocycles. The van der Waals surface area contributed by atoms with Crippen molar-refractivity contribution < 1.29 is 18.9 Å². The predicted octanol–water partition coefficient (Wildman–Crippen LogP) is 2.32. The van der Waals surface area contributed by atoms with Gasteiger partial charge in [-0.2, -0.15) is 0 Å². The lowest BCUT2D eigenvalue weighted by Crippen LogP contribution is -2.44. The van der Waals surface area contributed by atoms with E-state index in [4.69, 9.17) is 0 Å². The molecule has 1 aromatic carbocycles. The number of carbonyl (C=O) groups is 2. The molecule has 0 radical (unpaired) electrons. The van der Waals surface area contributed by atoms with Crippen LogP contribution in [0.5, 0.6) is 0 Å². The molecule has 1 saturated heterocycles. The summed E-state index contributed by atoms with van der Waals surface area (Å²) in [5, 5.41) is 13.5. The van der Waals surface area contributed by atoms with Crippen LogP contribution in [0.4, 0.5) is 15.8 Å². The van der Waals surface area contributed by atoms with E-state index in [0.29, 0.717) is 19.5 Å². The van der Waals surface area contributed by atoms with Crippen LogP contribution in [0, 0.1) is 27.8 Å². The van der Waals surface area contributed by atoms with Crippen molar-refractivity contribution in [3.05, 3.63) is 34.1 Å². The van der Waals surface area contributed by atoms with Gasteiger partial charge in [-0.1, -0.05) is 0 Å². The normalized spacial score (nSPS) is 20.5. The molecule has 1 heterocycles. The van der Waals surface area contributed by atoms with Gasteiger partial charge in [-0.25, -0.2) is 4.39 Å². The number of rotatable bonds is 4. The molecule has 0 spiro atoms. The van der Waals surface area contributed by atoms with Crippen LogP contribution in [0.3, 0.4) is 0 Å². The lowest BCUT2D eigenvalue weighted by atomic mass is 9.96. The van der Waals surface area contributed by atoms with E-state index in [9.17, 15) is 24.1 Å². The van der Waals surface area contributed by atoms with E-state index in [2.05, 4.69) is 5.32 Å². The Labute approximate surface area is 138 Å². The highest BCUT2D eigenvalue weighted by atomic mass is 19.1. The second-order valence-corrected chi connectivity index (χ2v) is 6.31. The van der Waals surface area contributed by atoms with Gasteiger partial charge in [0, 0.05) is 19.0 Å². The van der Waals surface area contributed by atoms with Gasteiger partial charge in [0.1, 0.15) is 11.5 Å². The molecule has 24 heavy (non-hydrogen) atoms. The first kappa shape index (κ1) is 16.4. The quantitative estimate of drug-likeness (QED) is 0.675. The summed E-state index contributed by atoms with van der Waals surface area (Å²) in [4.78, 5) is 36.5. The molecule has 128 valence electrons. The van der Waals surface area contributed by atoms with Gasteiger partial charge in [0.05, 0.1) is 16.9 Å². The van der Waals surface area contributed by atoms with Crippen LogP contribution in [0.25, 0.3) is 0 Å². The first-order chi connectivity index (χ1) is 11.5. The lowest BCUT2D eigenvalue weighted by Gasteiger charge is -2.32. The topological polar surface area (TPSA) is 92.5 Å². The number of nitro benzene ring substituents is 1. The minimum absolute atomic E-state index is 0.0305. The number of benzene rings is 1. The standard InChI is InChI=1S/C16H18FN3O4/c17-12-5-6-13(14(8-12)20(23)24)18-15(21)11-2-1-7-19(9-11)16(22)10-3-4-10/h5-6,8,10-11H,1-4,7,9H2,(H,18,21). The molecular formula is C16H18FN3O4.